The lowest BCUT2D eigenvalue weighted by atomic mass is 10.1. The lowest BCUT2D eigenvalue weighted by Crippen LogP contribution is -2.30. The van der Waals surface area contributed by atoms with E-state index in [1.165, 1.54) is 12.1 Å². The van der Waals surface area contributed by atoms with Crippen molar-refractivity contribution < 1.29 is 13.9 Å². The van der Waals surface area contributed by atoms with Crippen molar-refractivity contribution in [2.24, 2.45) is 0 Å². The second-order valence-corrected chi connectivity index (χ2v) is 5.75. The van der Waals surface area contributed by atoms with E-state index in [1.54, 1.807) is 42.5 Å². The van der Waals surface area contributed by atoms with E-state index in [4.69, 9.17) is 10.00 Å². The van der Waals surface area contributed by atoms with Crippen molar-refractivity contribution in [3.63, 3.8) is 0 Å². The van der Waals surface area contributed by atoms with E-state index < -0.39 is 5.91 Å². The summed E-state index contributed by atoms with van der Waals surface area (Å²) in [4.78, 5) is 11.9. The number of rotatable bonds is 6. The van der Waals surface area contributed by atoms with Gasteiger partial charge >= 0.3 is 0 Å². The molecule has 0 fully saturated rings. The molecule has 0 heterocycles. The fraction of sp³-hybridized carbons (Fsp3) is 0.200. The van der Waals surface area contributed by atoms with Gasteiger partial charge in [-0.2, -0.15) is 5.26 Å². The highest BCUT2D eigenvalue weighted by Gasteiger charge is 2.10. The predicted molar refractivity (Wildman–Crippen MR) is 94.0 cm³/mol. The predicted octanol–water partition coefficient (Wildman–Crippen LogP) is 3.84. The maximum Gasteiger partial charge on any atom is 0.262 e. The number of carbonyl (C=O) groups is 1. The van der Waals surface area contributed by atoms with Crippen LogP contribution >= 0.6 is 0 Å². The monoisotopic (exact) mass is 338 g/mol. The van der Waals surface area contributed by atoms with Gasteiger partial charge in [0.2, 0.25) is 0 Å². The highest BCUT2D eigenvalue weighted by Crippen LogP contribution is 2.17. The Hall–Kier alpha value is -3.13. The highest BCUT2D eigenvalue weighted by molar-refractivity contribution is 6.01. The molecule has 0 aliphatic carbocycles. The summed E-state index contributed by atoms with van der Waals surface area (Å²) in [6.45, 7) is 3.78. The van der Waals surface area contributed by atoms with Gasteiger partial charge in [-0.1, -0.05) is 30.3 Å². The molecule has 0 aliphatic rings. The van der Waals surface area contributed by atoms with Crippen molar-refractivity contribution in [1.82, 2.24) is 5.32 Å². The Morgan fingerprint density at radius 1 is 1.24 bits per heavy atom. The van der Waals surface area contributed by atoms with Gasteiger partial charge in [-0.05, 0) is 43.7 Å². The van der Waals surface area contributed by atoms with Crippen molar-refractivity contribution in [3.05, 3.63) is 71.0 Å². The van der Waals surface area contributed by atoms with Gasteiger partial charge in [0.1, 0.15) is 29.8 Å². The van der Waals surface area contributed by atoms with Crippen LogP contribution in [0.3, 0.4) is 0 Å². The first-order valence-corrected chi connectivity index (χ1v) is 7.88. The molecule has 0 aromatic heterocycles. The summed E-state index contributed by atoms with van der Waals surface area (Å²) in [5, 5.41) is 11.8. The summed E-state index contributed by atoms with van der Waals surface area (Å²) in [5.41, 5.74) is 1.21. The molecular formula is C20H19FN2O2. The second-order valence-electron chi connectivity index (χ2n) is 5.75. The van der Waals surface area contributed by atoms with Crippen molar-refractivity contribution in [3.8, 4) is 11.8 Å². The first kappa shape index (κ1) is 18.2. The number of benzene rings is 2. The van der Waals surface area contributed by atoms with E-state index in [0.717, 1.165) is 0 Å². The summed E-state index contributed by atoms with van der Waals surface area (Å²) >= 11 is 0. The first-order valence-electron chi connectivity index (χ1n) is 7.88. The van der Waals surface area contributed by atoms with E-state index in [2.05, 4.69) is 5.32 Å². The molecule has 4 nitrogen and oxygen atoms in total. The molecule has 1 amide bonds. The Morgan fingerprint density at radius 2 is 1.92 bits per heavy atom. The molecule has 0 saturated carbocycles. The van der Waals surface area contributed by atoms with E-state index in [1.807, 2.05) is 19.9 Å². The minimum absolute atomic E-state index is 0.0359. The number of nitrogens with zero attached hydrogens (tertiary/aromatic N) is 1. The van der Waals surface area contributed by atoms with Gasteiger partial charge in [0.05, 0.1) is 0 Å². The first-order chi connectivity index (χ1) is 12.0. The molecule has 0 radical (unpaired) electrons. The summed E-state index contributed by atoms with van der Waals surface area (Å²) in [6.07, 6.45) is 1.51. The summed E-state index contributed by atoms with van der Waals surface area (Å²) in [7, 11) is 0. The smallest absolute Gasteiger partial charge is 0.262 e. The lowest BCUT2D eigenvalue weighted by Gasteiger charge is -2.08. The van der Waals surface area contributed by atoms with Crippen LogP contribution in [-0.4, -0.2) is 11.9 Å². The summed E-state index contributed by atoms with van der Waals surface area (Å²) < 4.78 is 19.1. The Morgan fingerprint density at radius 3 is 2.52 bits per heavy atom. The van der Waals surface area contributed by atoms with Crippen LogP contribution in [0.5, 0.6) is 5.75 Å². The number of ether oxygens (including phenoxy) is 1. The van der Waals surface area contributed by atoms with Gasteiger partial charge in [-0.3, -0.25) is 4.79 Å². The lowest BCUT2D eigenvalue weighted by molar-refractivity contribution is -0.117. The summed E-state index contributed by atoms with van der Waals surface area (Å²) in [5.74, 6) is -0.139. The number of hydrogen-bond donors (Lipinski definition) is 1. The molecule has 2 aromatic carbocycles. The average Bonchev–Trinajstić information content (AvgIpc) is 2.59. The maximum absolute atomic E-state index is 13.5. The zero-order valence-electron chi connectivity index (χ0n) is 14.1. The molecule has 5 heteroatoms. The van der Waals surface area contributed by atoms with Gasteiger partial charge in [0.15, 0.2) is 0 Å². The summed E-state index contributed by atoms with van der Waals surface area (Å²) in [6, 6.07) is 15.2. The molecular weight excluding hydrogens is 319 g/mol. The van der Waals surface area contributed by atoms with Crippen LogP contribution in [0, 0.1) is 17.1 Å². The highest BCUT2D eigenvalue weighted by atomic mass is 19.1. The Labute approximate surface area is 146 Å². The number of amides is 1. The van der Waals surface area contributed by atoms with Gasteiger partial charge in [0.25, 0.3) is 5.91 Å². The zero-order valence-corrected chi connectivity index (χ0v) is 14.1. The van der Waals surface area contributed by atoms with E-state index in [0.29, 0.717) is 16.9 Å². The zero-order chi connectivity index (χ0) is 18.2. The third-order valence-electron chi connectivity index (χ3n) is 3.33. The minimum Gasteiger partial charge on any atom is -0.489 e. The Kier molecular flexibility index (Phi) is 6.30. The second kappa shape index (κ2) is 8.65. The Balaban J connectivity index is 2.04. The number of hydrogen-bond acceptors (Lipinski definition) is 3. The topological polar surface area (TPSA) is 62.1 Å². The van der Waals surface area contributed by atoms with E-state index in [9.17, 15) is 9.18 Å². The molecule has 0 bridgehead atoms. The van der Waals surface area contributed by atoms with Crippen LogP contribution in [0.15, 0.2) is 54.1 Å². The van der Waals surface area contributed by atoms with Gasteiger partial charge in [0, 0.05) is 11.6 Å². The van der Waals surface area contributed by atoms with Crippen LogP contribution in [0.4, 0.5) is 4.39 Å². The van der Waals surface area contributed by atoms with Crippen LogP contribution in [0.25, 0.3) is 6.08 Å². The van der Waals surface area contributed by atoms with Gasteiger partial charge < -0.3 is 10.1 Å². The van der Waals surface area contributed by atoms with Crippen LogP contribution in [-0.2, 0) is 11.4 Å². The number of halogens is 1. The standard InChI is InChI=1S/C20H19FN2O2/c1-14(2)23-20(24)17(12-22)11-15-7-9-18(10-8-15)25-13-16-5-3-4-6-19(16)21/h3-11,14H,13H2,1-2H3,(H,23,24)/b17-11-. The quantitative estimate of drug-likeness (QED) is 0.643. The largest absolute Gasteiger partial charge is 0.489 e. The maximum atomic E-state index is 13.5. The van der Waals surface area contributed by atoms with E-state index in [-0.39, 0.29) is 24.0 Å². The SMILES string of the molecule is CC(C)NC(=O)/C(C#N)=C\c1ccc(OCc2ccccc2F)cc1. The molecule has 0 saturated heterocycles. The van der Waals surface area contributed by atoms with Crippen LogP contribution < -0.4 is 10.1 Å². The number of carbonyl (C=O) groups excluding carboxylic acids is 1. The molecule has 0 spiro atoms. The molecule has 1 N–H and O–H groups in total. The molecule has 0 unspecified atom stereocenters. The van der Waals surface area contributed by atoms with Crippen molar-refractivity contribution in [2.45, 2.75) is 26.5 Å². The van der Waals surface area contributed by atoms with Crippen molar-refractivity contribution in [1.29, 1.82) is 5.26 Å². The average molecular weight is 338 g/mol. The molecule has 0 aliphatic heterocycles. The molecule has 2 aromatic rings. The van der Waals surface area contributed by atoms with Crippen molar-refractivity contribution >= 4 is 12.0 Å². The van der Waals surface area contributed by atoms with Gasteiger partial charge in [-0.15, -0.1) is 0 Å². The van der Waals surface area contributed by atoms with Crippen LogP contribution in [0.1, 0.15) is 25.0 Å². The fourth-order valence-corrected chi connectivity index (χ4v) is 2.09. The molecule has 0 atom stereocenters. The Bertz CT molecular complexity index is 805. The molecule has 128 valence electrons. The van der Waals surface area contributed by atoms with Gasteiger partial charge in [-0.25, -0.2) is 4.39 Å². The number of nitriles is 1. The third kappa shape index (κ3) is 5.47. The van der Waals surface area contributed by atoms with Crippen LogP contribution in [0.2, 0.25) is 0 Å². The normalized spacial score (nSPS) is 11.1. The number of nitrogens with one attached hydrogen (secondary N) is 1. The molecule has 25 heavy (non-hydrogen) atoms. The minimum atomic E-state index is -0.405. The molecule has 2 rings (SSSR count). The fourth-order valence-electron chi connectivity index (χ4n) is 2.09. The van der Waals surface area contributed by atoms with E-state index >= 15 is 0 Å². The van der Waals surface area contributed by atoms with Crippen molar-refractivity contribution in [2.75, 3.05) is 0 Å². The third-order valence-corrected chi connectivity index (χ3v) is 3.33.